The summed E-state index contributed by atoms with van der Waals surface area (Å²) in [5.74, 6) is 1.42. The fourth-order valence-corrected chi connectivity index (χ4v) is 3.24. The number of benzene rings is 2. The topological polar surface area (TPSA) is 47.6 Å². The van der Waals surface area contributed by atoms with Crippen LogP contribution in [-0.2, 0) is 17.6 Å². The van der Waals surface area contributed by atoms with E-state index in [-0.39, 0.29) is 5.91 Å². The van der Waals surface area contributed by atoms with Crippen LogP contribution in [0.2, 0.25) is 10.0 Å². The van der Waals surface area contributed by atoms with Crippen molar-refractivity contribution in [3.05, 3.63) is 57.6 Å². The van der Waals surface area contributed by atoms with Gasteiger partial charge in [-0.05, 0) is 54.7 Å². The van der Waals surface area contributed by atoms with E-state index >= 15 is 0 Å². The SMILES string of the molecule is COc1ccc(CCCNC(=O)CCc2c(Cl)cccc2Cl)cc1OC. The molecule has 0 aliphatic carbocycles. The number of carbonyl (C=O) groups excluding carboxylic acids is 1. The summed E-state index contributed by atoms with van der Waals surface area (Å²) in [5, 5.41) is 4.12. The molecule has 0 aliphatic heterocycles. The largest absolute Gasteiger partial charge is 0.493 e. The van der Waals surface area contributed by atoms with Crippen LogP contribution in [0.1, 0.15) is 24.0 Å². The third-order valence-corrected chi connectivity index (χ3v) is 4.78. The van der Waals surface area contributed by atoms with Crippen molar-refractivity contribution >= 4 is 29.1 Å². The van der Waals surface area contributed by atoms with Crippen LogP contribution in [0.3, 0.4) is 0 Å². The number of aryl methyl sites for hydroxylation is 1. The predicted octanol–water partition coefficient (Wildman–Crippen LogP) is 4.69. The summed E-state index contributed by atoms with van der Waals surface area (Å²) < 4.78 is 10.5. The average molecular weight is 396 g/mol. The second-order valence-corrected chi connectivity index (χ2v) is 6.66. The Morgan fingerprint density at radius 3 is 2.35 bits per heavy atom. The van der Waals surface area contributed by atoms with E-state index in [1.54, 1.807) is 32.4 Å². The number of halogens is 2. The molecule has 2 aromatic rings. The highest BCUT2D eigenvalue weighted by Crippen LogP contribution is 2.28. The van der Waals surface area contributed by atoms with Crippen molar-refractivity contribution in [1.29, 1.82) is 0 Å². The Bertz CT molecular complexity index is 730. The summed E-state index contributed by atoms with van der Waals surface area (Å²) in [5.41, 5.74) is 1.95. The van der Waals surface area contributed by atoms with E-state index in [0.717, 1.165) is 24.0 Å². The normalized spacial score (nSPS) is 10.5. The minimum Gasteiger partial charge on any atom is -0.493 e. The highest BCUT2D eigenvalue weighted by molar-refractivity contribution is 6.36. The van der Waals surface area contributed by atoms with E-state index in [2.05, 4.69) is 5.32 Å². The molecule has 2 aromatic carbocycles. The second-order valence-electron chi connectivity index (χ2n) is 5.84. The molecule has 0 unspecified atom stereocenters. The Hall–Kier alpha value is -1.91. The van der Waals surface area contributed by atoms with Crippen molar-refractivity contribution < 1.29 is 14.3 Å². The molecule has 6 heteroatoms. The van der Waals surface area contributed by atoms with E-state index in [9.17, 15) is 4.79 Å². The summed E-state index contributed by atoms with van der Waals surface area (Å²) in [6.07, 6.45) is 2.57. The Labute approximate surface area is 164 Å². The predicted molar refractivity (Wildman–Crippen MR) is 106 cm³/mol. The van der Waals surface area contributed by atoms with Crippen LogP contribution in [-0.4, -0.2) is 26.7 Å². The van der Waals surface area contributed by atoms with Gasteiger partial charge in [0.05, 0.1) is 14.2 Å². The molecule has 1 N–H and O–H groups in total. The monoisotopic (exact) mass is 395 g/mol. The van der Waals surface area contributed by atoms with Gasteiger partial charge in [0.2, 0.25) is 5.91 Å². The third-order valence-electron chi connectivity index (χ3n) is 4.08. The zero-order valence-corrected chi connectivity index (χ0v) is 16.5. The maximum absolute atomic E-state index is 12.0. The van der Waals surface area contributed by atoms with Gasteiger partial charge in [0.25, 0.3) is 0 Å². The van der Waals surface area contributed by atoms with Gasteiger partial charge >= 0.3 is 0 Å². The van der Waals surface area contributed by atoms with Crippen molar-refractivity contribution in [1.82, 2.24) is 5.32 Å². The summed E-state index contributed by atoms with van der Waals surface area (Å²) in [6.45, 7) is 0.615. The van der Waals surface area contributed by atoms with Gasteiger partial charge in [0.1, 0.15) is 0 Å². The van der Waals surface area contributed by atoms with Gasteiger partial charge in [0, 0.05) is 23.0 Å². The number of methoxy groups -OCH3 is 2. The first kappa shape index (κ1) is 20.4. The number of ether oxygens (including phenoxy) is 2. The molecule has 0 aromatic heterocycles. The van der Waals surface area contributed by atoms with Crippen LogP contribution in [0.5, 0.6) is 11.5 Å². The lowest BCUT2D eigenvalue weighted by molar-refractivity contribution is -0.121. The smallest absolute Gasteiger partial charge is 0.220 e. The van der Waals surface area contributed by atoms with Crippen LogP contribution < -0.4 is 14.8 Å². The lowest BCUT2D eigenvalue weighted by Gasteiger charge is -2.10. The molecule has 0 spiro atoms. The maximum Gasteiger partial charge on any atom is 0.220 e. The molecule has 0 saturated heterocycles. The fourth-order valence-electron chi connectivity index (χ4n) is 2.65. The molecule has 4 nitrogen and oxygen atoms in total. The van der Waals surface area contributed by atoms with E-state index in [1.807, 2.05) is 18.2 Å². The van der Waals surface area contributed by atoms with Gasteiger partial charge in [-0.1, -0.05) is 35.3 Å². The van der Waals surface area contributed by atoms with Crippen LogP contribution in [0.4, 0.5) is 0 Å². The molecule has 140 valence electrons. The highest BCUT2D eigenvalue weighted by Gasteiger charge is 2.09. The molecule has 26 heavy (non-hydrogen) atoms. The Kier molecular flexibility index (Phi) is 8.07. The third kappa shape index (κ3) is 5.82. The number of hydrogen-bond donors (Lipinski definition) is 1. The highest BCUT2D eigenvalue weighted by atomic mass is 35.5. The van der Waals surface area contributed by atoms with Gasteiger partial charge in [-0.2, -0.15) is 0 Å². The molecule has 0 atom stereocenters. The number of amides is 1. The lowest BCUT2D eigenvalue weighted by Crippen LogP contribution is -2.25. The van der Waals surface area contributed by atoms with E-state index in [1.165, 1.54) is 0 Å². The van der Waals surface area contributed by atoms with E-state index < -0.39 is 0 Å². The van der Waals surface area contributed by atoms with Crippen molar-refractivity contribution in [2.75, 3.05) is 20.8 Å². The van der Waals surface area contributed by atoms with Crippen molar-refractivity contribution in [2.24, 2.45) is 0 Å². The summed E-state index contributed by atoms with van der Waals surface area (Å²) in [7, 11) is 3.23. The summed E-state index contributed by atoms with van der Waals surface area (Å²) in [6, 6.07) is 11.2. The van der Waals surface area contributed by atoms with Gasteiger partial charge in [-0.25, -0.2) is 0 Å². The Morgan fingerprint density at radius 2 is 1.69 bits per heavy atom. The summed E-state index contributed by atoms with van der Waals surface area (Å²) in [4.78, 5) is 12.0. The lowest BCUT2D eigenvalue weighted by atomic mass is 10.1. The number of carbonyl (C=O) groups is 1. The fraction of sp³-hybridized carbons (Fsp3) is 0.350. The minimum atomic E-state index is -0.00621. The van der Waals surface area contributed by atoms with Gasteiger partial charge < -0.3 is 14.8 Å². The molecule has 0 heterocycles. The van der Waals surface area contributed by atoms with Gasteiger partial charge in [-0.3, -0.25) is 4.79 Å². The van der Waals surface area contributed by atoms with E-state index in [4.69, 9.17) is 32.7 Å². The Balaban J connectivity index is 1.73. The average Bonchev–Trinajstić information content (AvgIpc) is 2.64. The molecule has 0 aliphatic rings. The molecule has 0 saturated carbocycles. The second kappa shape index (κ2) is 10.3. The molecule has 0 radical (unpaired) electrons. The first-order valence-corrected chi connectivity index (χ1v) is 9.21. The zero-order valence-electron chi connectivity index (χ0n) is 15.0. The zero-order chi connectivity index (χ0) is 18.9. The molecular weight excluding hydrogens is 373 g/mol. The van der Waals surface area contributed by atoms with Crippen LogP contribution >= 0.6 is 23.2 Å². The molecule has 0 fully saturated rings. The first-order valence-electron chi connectivity index (χ1n) is 8.45. The molecule has 0 bridgehead atoms. The molecule has 1 amide bonds. The van der Waals surface area contributed by atoms with Gasteiger partial charge in [0.15, 0.2) is 11.5 Å². The minimum absolute atomic E-state index is 0.00621. The van der Waals surface area contributed by atoms with Crippen LogP contribution in [0.15, 0.2) is 36.4 Å². The van der Waals surface area contributed by atoms with Gasteiger partial charge in [-0.15, -0.1) is 0 Å². The maximum atomic E-state index is 12.0. The van der Waals surface area contributed by atoms with Crippen molar-refractivity contribution in [3.63, 3.8) is 0 Å². The molecular formula is C20H23Cl2NO3. The number of nitrogens with one attached hydrogen (secondary N) is 1. The summed E-state index contributed by atoms with van der Waals surface area (Å²) >= 11 is 12.2. The quantitative estimate of drug-likeness (QED) is 0.626. The first-order chi connectivity index (χ1) is 12.5. The van der Waals surface area contributed by atoms with Crippen molar-refractivity contribution in [2.45, 2.75) is 25.7 Å². The Morgan fingerprint density at radius 1 is 1.00 bits per heavy atom. The van der Waals surface area contributed by atoms with E-state index in [0.29, 0.717) is 40.9 Å². The number of hydrogen-bond acceptors (Lipinski definition) is 3. The van der Waals surface area contributed by atoms with Crippen LogP contribution in [0.25, 0.3) is 0 Å². The standard InChI is InChI=1S/C20H23Cl2NO3/c1-25-18-10-8-14(13-19(18)26-2)5-4-12-23-20(24)11-9-15-16(21)6-3-7-17(15)22/h3,6-8,10,13H,4-5,9,11-12H2,1-2H3,(H,23,24). The molecule has 2 rings (SSSR count). The number of rotatable bonds is 9. The van der Waals surface area contributed by atoms with Crippen molar-refractivity contribution in [3.8, 4) is 11.5 Å². The van der Waals surface area contributed by atoms with Crippen LogP contribution in [0, 0.1) is 0 Å².